The summed E-state index contributed by atoms with van der Waals surface area (Å²) in [6.07, 6.45) is 0.890. The smallest absolute Gasteiger partial charge is 0.315 e. The van der Waals surface area contributed by atoms with Gasteiger partial charge < -0.3 is 16.0 Å². The van der Waals surface area contributed by atoms with E-state index in [2.05, 4.69) is 53.8 Å². The average molecular weight is 309 g/mol. The van der Waals surface area contributed by atoms with Gasteiger partial charge in [-0.3, -0.25) is 0 Å². The Morgan fingerprint density at radius 2 is 1.78 bits per heavy atom. The van der Waals surface area contributed by atoms with Crippen molar-refractivity contribution in [2.45, 2.75) is 18.4 Å². The maximum absolute atomic E-state index is 11.9. The summed E-state index contributed by atoms with van der Waals surface area (Å²) in [6.45, 7) is 2.24. The quantitative estimate of drug-likeness (QED) is 0.911. The summed E-state index contributed by atoms with van der Waals surface area (Å²) in [6, 6.07) is 20.6. The van der Waals surface area contributed by atoms with Crippen LogP contribution in [0.4, 0.5) is 4.79 Å². The Morgan fingerprint density at radius 1 is 1.13 bits per heavy atom. The van der Waals surface area contributed by atoms with Crippen LogP contribution in [0.1, 0.15) is 17.0 Å². The largest absolute Gasteiger partial charge is 0.351 e. The van der Waals surface area contributed by atoms with Gasteiger partial charge in [0.25, 0.3) is 0 Å². The number of benzene rings is 2. The van der Waals surface area contributed by atoms with Gasteiger partial charge in [0, 0.05) is 25.6 Å². The molecule has 4 nitrogen and oxygen atoms in total. The molecule has 0 radical (unpaired) electrons. The Bertz CT molecular complexity index is 630. The minimum atomic E-state index is -0.328. The van der Waals surface area contributed by atoms with Crippen molar-refractivity contribution in [3.63, 3.8) is 0 Å². The molecule has 120 valence electrons. The third-order valence-electron chi connectivity index (χ3n) is 4.56. The lowest BCUT2D eigenvalue weighted by Gasteiger charge is -2.40. The van der Waals surface area contributed by atoms with Gasteiger partial charge in [0.1, 0.15) is 0 Å². The molecule has 4 heteroatoms. The minimum absolute atomic E-state index is 0.0730. The van der Waals surface area contributed by atoms with E-state index >= 15 is 0 Å². The van der Waals surface area contributed by atoms with Gasteiger partial charge in [-0.15, -0.1) is 0 Å². The zero-order valence-corrected chi connectivity index (χ0v) is 13.2. The Balaban J connectivity index is 1.92. The highest BCUT2D eigenvalue weighted by Crippen LogP contribution is 2.28. The van der Waals surface area contributed by atoms with Crippen LogP contribution < -0.4 is 11.1 Å². The number of hydrogen-bond acceptors (Lipinski definition) is 2. The van der Waals surface area contributed by atoms with Crippen molar-refractivity contribution in [3.05, 3.63) is 71.8 Å². The molecule has 23 heavy (non-hydrogen) atoms. The predicted molar refractivity (Wildman–Crippen MR) is 92.3 cm³/mol. The topological polar surface area (TPSA) is 58.4 Å². The molecule has 0 spiro atoms. The summed E-state index contributed by atoms with van der Waals surface area (Å²) in [7, 11) is 0. The molecule has 0 aliphatic carbocycles. The van der Waals surface area contributed by atoms with Gasteiger partial charge >= 0.3 is 6.03 Å². The van der Waals surface area contributed by atoms with Crippen LogP contribution in [0.2, 0.25) is 0 Å². The van der Waals surface area contributed by atoms with Crippen LogP contribution in [-0.4, -0.2) is 36.6 Å². The van der Waals surface area contributed by atoms with Crippen molar-refractivity contribution in [1.29, 1.82) is 0 Å². The van der Waals surface area contributed by atoms with Crippen molar-refractivity contribution in [1.82, 2.24) is 10.2 Å². The molecule has 1 saturated heterocycles. The molecule has 2 atom stereocenters. The summed E-state index contributed by atoms with van der Waals surface area (Å²) in [5.74, 6) is 0.221. The number of amides is 2. The second-order valence-corrected chi connectivity index (χ2v) is 6.01. The Morgan fingerprint density at radius 3 is 2.43 bits per heavy atom. The van der Waals surface area contributed by atoms with Crippen molar-refractivity contribution in [2.75, 3.05) is 19.6 Å². The maximum atomic E-state index is 11.9. The molecule has 0 bridgehead atoms. The summed E-state index contributed by atoms with van der Waals surface area (Å²) >= 11 is 0. The fourth-order valence-electron chi connectivity index (χ4n) is 3.40. The number of carbonyl (C=O) groups is 1. The van der Waals surface area contributed by atoms with Crippen molar-refractivity contribution in [3.8, 4) is 0 Å². The van der Waals surface area contributed by atoms with E-state index in [4.69, 9.17) is 5.73 Å². The second-order valence-electron chi connectivity index (χ2n) is 6.01. The minimum Gasteiger partial charge on any atom is -0.351 e. The third kappa shape index (κ3) is 3.71. The zero-order valence-electron chi connectivity index (χ0n) is 13.2. The highest BCUT2D eigenvalue weighted by molar-refractivity contribution is 5.72. The zero-order chi connectivity index (χ0) is 16.1. The normalized spacial score (nSPS) is 19.3. The lowest BCUT2D eigenvalue weighted by Crippen LogP contribution is -2.57. The number of primary amides is 1. The molecule has 3 rings (SSSR count). The predicted octanol–water partition coefficient (Wildman–Crippen LogP) is 2.37. The van der Waals surface area contributed by atoms with Crippen LogP contribution in [-0.2, 0) is 6.42 Å². The monoisotopic (exact) mass is 309 g/mol. The lowest BCUT2D eigenvalue weighted by molar-refractivity contribution is 0.152. The molecule has 2 aromatic rings. The number of nitrogens with two attached hydrogens (primary N) is 1. The SMILES string of the molecule is NC(=O)N1CCNCC1C(Cc1ccccc1)c1ccccc1. The van der Waals surface area contributed by atoms with Crippen molar-refractivity contribution >= 4 is 6.03 Å². The number of carbonyl (C=O) groups excluding carboxylic acids is 1. The van der Waals surface area contributed by atoms with Gasteiger partial charge in [-0.05, 0) is 17.5 Å². The molecule has 1 aliphatic heterocycles. The molecular weight excluding hydrogens is 286 g/mol. The van der Waals surface area contributed by atoms with Crippen LogP contribution in [0, 0.1) is 0 Å². The number of urea groups is 1. The fraction of sp³-hybridized carbons (Fsp3) is 0.316. The molecular formula is C19H23N3O. The van der Waals surface area contributed by atoms with Crippen LogP contribution >= 0.6 is 0 Å². The standard InChI is InChI=1S/C19H23N3O/c20-19(23)22-12-11-21-14-18(22)17(16-9-5-2-6-10-16)13-15-7-3-1-4-8-15/h1-10,17-18,21H,11-14H2,(H2,20,23). The van der Waals surface area contributed by atoms with E-state index in [1.807, 2.05) is 17.0 Å². The van der Waals surface area contributed by atoms with Crippen LogP contribution in [0.15, 0.2) is 60.7 Å². The first kappa shape index (κ1) is 15.6. The number of rotatable bonds is 4. The van der Waals surface area contributed by atoms with Crippen LogP contribution in [0.3, 0.4) is 0 Å². The molecule has 1 fully saturated rings. The molecule has 0 aromatic heterocycles. The van der Waals surface area contributed by atoms with Gasteiger partial charge in [-0.2, -0.15) is 0 Å². The van der Waals surface area contributed by atoms with Gasteiger partial charge in [0.15, 0.2) is 0 Å². The van der Waals surface area contributed by atoms with Crippen LogP contribution in [0.5, 0.6) is 0 Å². The summed E-state index contributed by atoms with van der Waals surface area (Å²) in [4.78, 5) is 13.7. The Hall–Kier alpha value is -2.33. The summed E-state index contributed by atoms with van der Waals surface area (Å²) in [5, 5.41) is 3.41. The van der Waals surface area contributed by atoms with E-state index < -0.39 is 0 Å². The van der Waals surface area contributed by atoms with Crippen molar-refractivity contribution in [2.24, 2.45) is 5.73 Å². The highest BCUT2D eigenvalue weighted by atomic mass is 16.2. The third-order valence-corrected chi connectivity index (χ3v) is 4.56. The van der Waals surface area contributed by atoms with Crippen molar-refractivity contribution < 1.29 is 4.79 Å². The first-order valence-electron chi connectivity index (χ1n) is 8.11. The molecule has 2 amide bonds. The Labute approximate surface area is 137 Å². The molecule has 3 N–H and O–H groups in total. The average Bonchev–Trinajstić information content (AvgIpc) is 2.61. The molecule has 1 heterocycles. The van der Waals surface area contributed by atoms with E-state index in [-0.39, 0.29) is 18.0 Å². The van der Waals surface area contributed by atoms with Gasteiger partial charge in [0.2, 0.25) is 0 Å². The Kier molecular flexibility index (Phi) is 4.93. The molecule has 2 unspecified atom stereocenters. The van der Waals surface area contributed by atoms with E-state index in [0.29, 0.717) is 6.54 Å². The summed E-state index contributed by atoms with van der Waals surface area (Å²) < 4.78 is 0. The van der Waals surface area contributed by atoms with Crippen LogP contribution in [0.25, 0.3) is 0 Å². The van der Waals surface area contributed by atoms with E-state index in [1.54, 1.807) is 0 Å². The second kappa shape index (κ2) is 7.29. The number of nitrogens with one attached hydrogen (secondary N) is 1. The highest BCUT2D eigenvalue weighted by Gasteiger charge is 2.32. The van der Waals surface area contributed by atoms with E-state index in [1.165, 1.54) is 11.1 Å². The molecule has 0 saturated carbocycles. The van der Waals surface area contributed by atoms with E-state index in [0.717, 1.165) is 19.5 Å². The number of hydrogen-bond donors (Lipinski definition) is 2. The van der Waals surface area contributed by atoms with Gasteiger partial charge in [-0.25, -0.2) is 4.79 Å². The fourth-order valence-corrected chi connectivity index (χ4v) is 3.40. The number of nitrogens with zero attached hydrogens (tertiary/aromatic N) is 1. The van der Waals surface area contributed by atoms with Gasteiger partial charge in [-0.1, -0.05) is 60.7 Å². The molecule has 2 aromatic carbocycles. The first-order valence-corrected chi connectivity index (χ1v) is 8.11. The lowest BCUT2D eigenvalue weighted by atomic mass is 9.84. The summed E-state index contributed by atoms with van der Waals surface area (Å²) in [5.41, 5.74) is 8.15. The van der Waals surface area contributed by atoms with Gasteiger partial charge in [0.05, 0.1) is 6.04 Å². The maximum Gasteiger partial charge on any atom is 0.315 e. The first-order chi connectivity index (χ1) is 11.3. The molecule has 1 aliphatic rings. The number of piperazine rings is 1. The van der Waals surface area contributed by atoms with E-state index in [9.17, 15) is 4.79 Å².